The lowest BCUT2D eigenvalue weighted by Gasteiger charge is -2.34. The monoisotopic (exact) mass is 479 g/mol. The summed E-state index contributed by atoms with van der Waals surface area (Å²) in [7, 11) is 0. The third kappa shape index (κ3) is 9.21. The van der Waals surface area contributed by atoms with Crippen molar-refractivity contribution >= 4 is 17.9 Å². The molecule has 0 aromatic heterocycles. The Bertz CT molecular complexity index is 821. The maximum atomic E-state index is 13.5. The van der Waals surface area contributed by atoms with Gasteiger partial charge in [-0.15, -0.1) is 0 Å². The number of aliphatic hydroxyl groups excluding tert-OH is 1. The second kappa shape index (κ2) is 13.8. The number of aliphatic hydroxyl groups is 1. The predicted octanol–water partition coefficient (Wildman–Crippen LogP) is 3.17. The van der Waals surface area contributed by atoms with Gasteiger partial charge in [0, 0.05) is 13.1 Å². The zero-order valence-corrected chi connectivity index (χ0v) is 21.3. The molecule has 0 radical (unpaired) electrons. The first-order valence-electron chi connectivity index (χ1n) is 11.9. The molecule has 34 heavy (non-hydrogen) atoms. The van der Waals surface area contributed by atoms with Crippen molar-refractivity contribution in [3.8, 4) is 5.75 Å². The summed E-state index contributed by atoms with van der Waals surface area (Å²) in [4.78, 5) is 40.5. The first-order chi connectivity index (χ1) is 15.9. The number of amides is 3. The molecular formula is C25H41N3O6. The summed E-state index contributed by atoms with van der Waals surface area (Å²) in [6, 6.07) is 2.48. The molecule has 0 fully saturated rings. The van der Waals surface area contributed by atoms with Gasteiger partial charge in [-0.2, -0.15) is 0 Å². The number of alkyl carbamates (subject to hydrolysis) is 1. The zero-order chi connectivity index (χ0) is 25.9. The van der Waals surface area contributed by atoms with Gasteiger partial charge in [-0.1, -0.05) is 32.8 Å². The number of benzene rings is 1. The fourth-order valence-corrected chi connectivity index (χ4v) is 3.34. The molecule has 4 N–H and O–H groups in total. The lowest BCUT2D eigenvalue weighted by Crippen LogP contribution is -2.54. The number of ether oxygens (including phenoxy) is 1. The molecule has 9 nitrogen and oxygen atoms in total. The molecular weight excluding hydrogens is 438 g/mol. The Hall–Kier alpha value is -2.81. The average molecular weight is 480 g/mol. The molecule has 192 valence electrons. The summed E-state index contributed by atoms with van der Waals surface area (Å²) in [6.07, 6.45) is 2.24. The van der Waals surface area contributed by atoms with Gasteiger partial charge >= 0.3 is 6.09 Å². The number of carbonyl (C=O) groups is 3. The molecule has 0 spiro atoms. The zero-order valence-electron chi connectivity index (χ0n) is 21.3. The summed E-state index contributed by atoms with van der Waals surface area (Å²) >= 11 is 0. The molecule has 3 amide bonds. The first-order valence-corrected chi connectivity index (χ1v) is 11.9. The SMILES string of the molecule is CCCCNC(=O)C(c1ccc(O)c(C)c1)N(CCCC)C(=O)C(CO)NC(=O)OC(C)(C)C. The third-order valence-corrected chi connectivity index (χ3v) is 5.13. The van der Waals surface area contributed by atoms with E-state index in [9.17, 15) is 24.6 Å². The van der Waals surface area contributed by atoms with Crippen molar-refractivity contribution in [3.63, 3.8) is 0 Å². The van der Waals surface area contributed by atoms with E-state index in [2.05, 4.69) is 10.6 Å². The number of phenols is 1. The lowest BCUT2D eigenvalue weighted by molar-refractivity contribution is -0.143. The van der Waals surface area contributed by atoms with Gasteiger partial charge in [-0.25, -0.2) is 4.79 Å². The molecule has 0 saturated carbocycles. The fraction of sp³-hybridized carbons (Fsp3) is 0.640. The van der Waals surface area contributed by atoms with E-state index in [0.29, 0.717) is 24.1 Å². The van der Waals surface area contributed by atoms with Gasteiger partial charge in [-0.3, -0.25) is 9.59 Å². The van der Waals surface area contributed by atoms with Crippen molar-refractivity contribution in [1.82, 2.24) is 15.5 Å². The summed E-state index contributed by atoms with van der Waals surface area (Å²) in [6.45, 7) is 10.8. The maximum Gasteiger partial charge on any atom is 0.408 e. The van der Waals surface area contributed by atoms with Gasteiger partial charge in [0.05, 0.1) is 6.61 Å². The van der Waals surface area contributed by atoms with Crippen LogP contribution in [0.2, 0.25) is 0 Å². The van der Waals surface area contributed by atoms with E-state index in [1.807, 2.05) is 13.8 Å². The standard InChI is InChI=1S/C25H41N3O6/c1-7-9-13-26-22(31)21(18-11-12-20(30)17(3)15-18)28(14-10-8-2)23(32)19(16-29)27-24(33)34-25(4,5)6/h11-12,15,19,21,29-30H,7-10,13-14,16H2,1-6H3,(H,26,31)(H,27,33). The average Bonchev–Trinajstić information content (AvgIpc) is 2.75. The Balaban J connectivity index is 3.36. The normalized spacial score (nSPS) is 13.0. The third-order valence-electron chi connectivity index (χ3n) is 5.13. The number of aromatic hydroxyl groups is 1. The van der Waals surface area contributed by atoms with Crippen molar-refractivity contribution in [2.24, 2.45) is 0 Å². The van der Waals surface area contributed by atoms with Crippen molar-refractivity contribution < 1.29 is 29.3 Å². The summed E-state index contributed by atoms with van der Waals surface area (Å²) in [5.41, 5.74) is 0.320. The number of carbonyl (C=O) groups excluding carboxylic acids is 3. The van der Waals surface area contributed by atoms with E-state index < -0.39 is 36.3 Å². The second-order valence-electron chi connectivity index (χ2n) is 9.36. The number of rotatable bonds is 12. The highest BCUT2D eigenvalue weighted by molar-refractivity contribution is 5.92. The van der Waals surface area contributed by atoms with Gasteiger partial charge in [0.15, 0.2) is 0 Å². The molecule has 0 aliphatic carbocycles. The first kappa shape index (κ1) is 29.2. The van der Waals surface area contributed by atoms with E-state index in [1.54, 1.807) is 39.8 Å². The smallest absolute Gasteiger partial charge is 0.408 e. The second-order valence-corrected chi connectivity index (χ2v) is 9.36. The Labute approximate surface area is 202 Å². The Kier molecular flexibility index (Phi) is 11.9. The summed E-state index contributed by atoms with van der Waals surface area (Å²) in [5, 5.41) is 25.2. The van der Waals surface area contributed by atoms with Crippen LogP contribution in [0.4, 0.5) is 4.79 Å². The van der Waals surface area contributed by atoms with Gasteiger partial charge in [0.1, 0.15) is 23.4 Å². The maximum absolute atomic E-state index is 13.5. The van der Waals surface area contributed by atoms with Crippen LogP contribution in [0.3, 0.4) is 0 Å². The van der Waals surface area contributed by atoms with Crippen LogP contribution in [0.1, 0.15) is 77.5 Å². The van der Waals surface area contributed by atoms with Crippen LogP contribution in [0.15, 0.2) is 18.2 Å². The van der Waals surface area contributed by atoms with Crippen LogP contribution in [0.25, 0.3) is 0 Å². The van der Waals surface area contributed by atoms with Crippen LogP contribution in [-0.4, -0.2) is 64.4 Å². The van der Waals surface area contributed by atoms with Gasteiger partial charge in [0.25, 0.3) is 0 Å². The van der Waals surface area contributed by atoms with Crippen molar-refractivity contribution in [3.05, 3.63) is 29.3 Å². The van der Waals surface area contributed by atoms with Crippen LogP contribution in [-0.2, 0) is 14.3 Å². The number of hydrogen-bond acceptors (Lipinski definition) is 6. The highest BCUT2D eigenvalue weighted by atomic mass is 16.6. The Morgan fingerprint density at radius 2 is 1.76 bits per heavy atom. The molecule has 0 saturated heterocycles. The van der Waals surface area contributed by atoms with Crippen LogP contribution in [0.5, 0.6) is 5.75 Å². The van der Waals surface area contributed by atoms with E-state index in [0.717, 1.165) is 19.3 Å². The van der Waals surface area contributed by atoms with Crippen LogP contribution in [0, 0.1) is 6.92 Å². The van der Waals surface area contributed by atoms with E-state index in [4.69, 9.17) is 4.74 Å². The molecule has 0 aliphatic rings. The largest absolute Gasteiger partial charge is 0.508 e. The fourth-order valence-electron chi connectivity index (χ4n) is 3.34. The van der Waals surface area contributed by atoms with E-state index >= 15 is 0 Å². The van der Waals surface area contributed by atoms with Gasteiger partial charge < -0.3 is 30.5 Å². The topological polar surface area (TPSA) is 128 Å². The molecule has 1 aromatic carbocycles. The summed E-state index contributed by atoms with van der Waals surface area (Å²) < 4.78 is 5.23. The number of unbranched alkanes of at least 4 members (excludes halogenated alkanes) is 2. The number of hydrogen-bond donors (Lipinski definition) is 4. The van der Waals surface area contributed by atoms with E-state index in [1.165, 1.54) is 11.0 Å². The van der Waals surface area contributed by atoms with Gasteiger partial charge in [-0.05, 0) is 63.8 Å². The quantitative estimate of drug-likeness (QED) is 0.341. The highest BCUT2D eigenvalue weighted by Gasteiger charge is 2.36. The molecule has 2 atom stereocenters. The van der Waals surface area contributed by atoms with Gasteiger partial charge in [0.2, 0.25) is 11.8 Å². The Morgan fingerprint density at radius 1 is 1.12 bits per heavy atom. The predicted molar refractivity (Wildman–Crippen MR) is 130 cm³/mol. The van der Waals surface area contributed by atoms with Crippen molar-refractivity contribution in [2.45, 2.75) is 84.9 Å². The number of aryl methyl sites for hydroxylation is 1. The lowest BCUT2D eigenvalue weighted by atomic mass is 10.00. The van der Waals surface area contributed by atoms with E-state index in [-0.39, 0.29) is 18.2 Å². The molecule has 0 heterocycles. The number of nitrogens with zero attached hydrogens (tertiary/aromatic N) is 1. The van der Waals surface area contributed by atoms with Crippen LogP contribution < -0.4 is 10.6 Å². The molecule has 2 unspecified atom stereocenters. The number of phenolic OH excluding ortho intramolecular Hbond substituents is 1. The van der Waals surface area contributed by atoms with Crippen molar-refractivity contribution in [2.75, 3.05) is 19.7 Å². The Morgan fingerprint density at radius 3 is 2.29 bits per heavy atom. The van der Waals surface area contributed by atoms with Crippen molar-refractivity contribution in [1.29, 1.82) is 0 Å². The van der Waals surface area contributed by atoms with Crippen LogP contribution >= 0.6 is 0 Å². The minimum atomic E-state index is -1.28. The minimum Gasteiger partial charge on any atom is -0.508 e. The highest BCUT2D eigenvalue weighted by Crippen LogP contribution is 2.27. The molecule has 0 aliphatic heterocycles. The number of nitrogens with one attached hydrogen (secondary N) is 2. The molecule has 1 aromatic rings. The molecule has 1 rings (SSSR count). The molecule has 9 heteroatoms. The summed E-state index contributed by atoms with van der Waals surface area (Å²) in [5.74, 6) is -0.875. The minimum absolute atomic E-state index is 0.0835. The molecule has 0 bridgehead atoms.